The molecule has 0 aromatic heterocycles. The zero-order valence-corrected chi connectivity index (χ0v) is 16.2. The molecule has 0 fully saturated rings. The molecule has 6 nitrogen and oxygen atoms in total. The van der Waals surface area contributed by atoms with Gasteiger partial charge in [-0.3, -0.25) is 9.59 Å². The van der Waals surface area contributed by atoms with Crippen LogP contribution in [-0.2, 0) is 9.59 Å². The Morgan fingerprint density at radius 2 is 1.57 bits per heavy atom. The van der Waals surface area contributed by atoms with E-state index >= 15 is 0 Å². The van der Waals surface area contributed by atoms with Gasteiger partial charge in [-0.25, -0.2) is 5.43 Å². The van der Waals surface area contributed by atoms with Crippen LogP contribution in [0.4, 0.5) is 5.69 Å². The van der Waals surface area contributed by atoms with Crippen LogP contribution < -0.4 is 15.5 Å². The Bertz CT molecular complexity index is 989. The summed E-state index contributed by atoms with van der Waals surface area (Å²) in [4.78, 5) is 23.8. The topological polar surface area (TPSA) is 79.8 Å². The molecule has 0 saturated carbocycles. The average Bonchev–Trinajstić information content (AvgIpc) is 2.70. The third kappa shape index (κ3) is 5.78. The van der Waals surface area contributed by atoms with E-state index in [0.29, 0.717) is 17.2 Å². The summed E-state index contributed by atoms with van der Waals surface area (Å²) in [7, 11) is 0. The van der Waals surface area contributed by atoms with Gasteiger partial charge in [0.05, 0.1) is 6.21 Å². The summed E-state index contributed by atoms with van der Waals surface area (Å²) < 4.78 is 6.56. The molecule has 0 saturated heterocycles. The standard InChI is InChI=1S/C21H16BrN3O3/c22-16-6-4-5-15(13-16)14-23-25-21(27)20(26)24-17-9-11-19(12-10-17)28-18-7-2-1-3-8-18/h1-14H,(H,24,26)(H,25,27)/b23-14-. The monoisotopic (exact) mass is 437 g/mol. The molecule has 7 heteroatoms. The molecule has 3 aromatic rings. The number of para-hydroxylation sites is 1. The SMILES string of the molecule is O=C(N/N=C\c1cccc(Br)c1)C(=O)Nc1ccc(Oc2ccccc2)cc1. The summed E-state index contributed by atoms with van der Waals surface area (Å²) in [6, 6.07) is 23.4. The Hall–Kier alpha value is -3.45. The van der Waals surface area contributed by atoms with E-state index in [9.17, 15) is 9.59 Å². The number of anilines is 1. The normalized spacial score (nSPS) is 10.5. The second-order valence-electron chi connectivity index (χ2n) is 5.65. The summed E-state index contributed by atoms with van der Waals surface area (Å²) >= 11 is 3.34. The average molecular weight is 438 g/mol. The van der Waals surface area contributed by atoms with E-state index in [1.54, 1.807) is 24.3 Å². The molecule has 3 rings (SSSR count). The number of hydrogen-bond acceptors (Lipinski definition) is 4. The molecular formula is C21H16BrN3O3. The summed E-state index contributed by atoms with van der Waals surface area (Å²) in [6.45, 7) is 0. The highest BCUT2D eigenvalue weighted by atomic mass is 79.9. The maximum Gasteiger partial charge on any atom is 0.329 e. The van der Waals surface area contributed by atoms with Gasteiger partial charge in [-0.1, -0.05) is 46.3 Å². The number of rotatable bonds is 5. The van der Waals surface area contributed by atoms with E-state index < -0.39 is 11.8 Å². The lowest BCUT2D eigenvalue weighted by molar-refractivity contribution is -0.136. The molecule has 140 valence electrons. The van der Waals surface area contributed by atoms with Gasteiger partial charge in [-0.2, -0.15) is 5.10 Å². The van der Waals surface area contributed by atoms with Gasteiger partial charge >= 0.3 is 11.8 Å². The Morgan fingerprint density at radius 1 is 0.857 bits per heavy atom. The molecule has 0 bridgehead atoms. The first-order valence-electron chi connectivity index (χ1n) is 8.33. The molecule has 2 N–H and O–H groups in total. The first-order valence-corrected chi connectivity index (χ1v) is 9.12. The fourth-order valence-electron chi connectivity index (χ4n) is 2.22. The van der Waals surface area contributed by atoms with Crippen LogP contribution in [0.3, 0.4) is 0 Å². The quantitative estimate of drug-likeness (QED) is 0.354. The second kappa shape index (κ2) is 9.48. The fourth-order valence-corrected chi connectivity index (χ4v) is 2.64. The first-order chi connectivity index (χ1) is 13.6. The maximum absolute atomic E-state index is 11.9. The van der Waals surface area contributed by atoms with Gasteiger partial charge in [0.2, 0.25) is 0 Å². The third-order valence-electron chi connectivity index (χ3n) is 3.53. The van der Waals surface area contributed by atoms with Crippen LogP contribution in [0.1, 0.15) is 5.56 Å². The molecule has 0 aliphatic rings. The number of carbonyl (C=O) groups is 2. The van der Waals surface area contributed by atoms with Crippen LogP contribution in [0.25, 0.3) is 0 Å². The van der Waals surface area contributed by atoms with Crippen LogP contribution in [0.5, 0.6) is 11.5 Å². The van der Waals surface area contributed by atoms with E-state index in [1.165, 1.54) is 6.21 Å². The van der Waals surface area contributed by atoms with E-state index in [-0.39, 0.29) is 0 Å². The van der Waals surface area contributed by atoms with Crippen molar-refractivity contribution in [2.24, 2.45) is 5.10 Å². The van der Waals surface area contributed by atoms with Crippen molar-refractivity contribution < 1.29 is 14.3 Å². The minimum absolute atomic E-state index is 0.469. The Balaban J connectivity index is 1.51. The van der Waals surface area contributed by atoms with Crippen LogP contribution in [-0.4, -0.2) is 18.0 Å². The number of hydrazone groups is 1. The minimum Gasteiger partial charge on any atom is -0.457 e. The number of hydrogen-bond donors (Lipinski definition) is 2. The molecule has 28 heavy (non-hydrogen) atoms. The first kappa shape index (κ1) is 19.3. The van der Waals surface area contributed by atoms with Gasteiger partial charge in [0, 0.05) is 10.2 Å². The molecule has 0 heterocycles. The van der Waals surface area contributed by atoms with Gasteiger partial charge in [0.15, 0.2) is 0 Å². The van der Waals surface area contributed by atoms with Crippen molar-refractivity contribution in [2.45, 2.75) is 0 Å². The van der Waals surface area contributed by atoms with Crippen LogP contribution in [0.15, 0.2) is 88.4 Å². The number of nitrogens with zero attached hydrogens (tertiary/aromatic N) is 1. The number of benzene rings is 3. The van der Waals surface area contributed by atoms with E-state index in [4.69, 9.17) is 4.74 Å². The molecule has 3 aromatic carbocycles. The van der Waals surface area contributed by atoms with E-state index in [1.807, 2.05) is 54.6 Å². The number of amides is 2. The number of carbonyl (C=O) groups excluding carboxylic acids is 2. The molecule has 0 aliphatic heterocycles. The molecular weight excluding hydrogens is 422 g/mol. The zero-order chi connectivity index (χ0) is 19.8. The Morgan fingerprint density at radius 3 is 2.29 bits per heavy atom. The molecule has 0 spiro atoms. The lowest BCUT2D eigenvalue weighted by atomic mass is 10.2. The van der Waals surface area contributed by atoms with Crippen molar-refractivity contribution in [1.82, 2.24) is 5.43 Å². The van der Waals surface area contributed by atoms with Crippen molar-refractivity contribution in [1.29, 1.82) is 0 Å². The van der Waals surface area contributed by atoms with Gasteiger partial charge in [-0.15, -0.1) is 0 Å². The summed E-state index contributed by atoms with van der Waals surface area (Å²) in [5, 5.41) is 6.28. The largest absolute Gasteiger partial charge is 0.457 e. The Labute approximate surface area is 170 Å². The molecule has 0 unspecified atom stereocenters. The lowest BCUT2D eigenvalue weighted by Crippen LogP contribution is -2.32. The van der Waals surface area contributed by atoms with Crippen molar-refractivity contribution in [3.8, 4) is 11.5 Å². The van der Waals surface area contributed by atoms with Gasteiger partial charge in [-0.05, 0) is 54.1 Å². The van der Waals surface area contributed by atoms with Gasteiger partial charge in [0.25, 0.3) is 0 Å². The molecule has 0 atom stereocenters. The number of ether oxygens (including phenoxy) is 1. The van der Waals surface area contributed by atoms with Gasteiger partial charge in [0.1, 0.15) is 11.5 Å². The van der Waals surface area contributed by atoms with Crippen LogP contribution >= 0.6 is 15.9 Å². The van der Waals surface area contributed by atoms with Crippen molar-refractivity contribution in [3.63, 3.8) is 0 Å². The van der Waals surface area contributed by atoms with E-state index in [2.05, 4.69) is 31.8 Å². The highest BCUT2D eigenvalue weighted by Gasteiger charge is 2.12. The summed E-state index contributed by atoms with van der Waals surface area (Å²) in [5.74, 6) is -0.353. The van der Waals surface area contributed by atoms with Crippen molar-refractivity contribution in [3.05, 3.63) is 88.9 Å². The number of halogens is 1. The highest BCUT2D eigenvalue weighted by Crippen LogP contribution is 2.22. The van der Waals surface area contributed by atoms with Crippen molar-refractivity contribution in [2.75, 3.05) is 5.32 Å². The lowest BCUT2D eigenvalue weighted by Gasteiger charge is -2.07. The smallest absolute Gasteiger partial charge is 0.329 e. The van der Waals surface area contributed by atoms with Crippen LogP contribution in [0.2, 0.25) is 0 Å². The minimum atomic E-state index is -0.865. The van der Waals surface area contributed by atoms with Gasteiger partial charge < -0.3 is 10.1 Å². The van der Waals surface area contributed by atoms with Crippen molar-refractivity contribution >= 4 is 39.6 Å². The zero-order valence-electron chi connectivity index (χ0n) is 14.6. The highest BCUT2D eigenvalue weighted by molar-refractivity contribution is 9.10. The predicted molar refractivity (Wildman–Crippen MR) is 111 cm³/mol. The maximum atomic E-state index is 11.9. The number of nitrogens with one attached hydrogen (secondary N) is 2. The second-order valence-corrected chi connectivity index (χ2v) is 6.56. The molecule has 0 radical (unpaired) electrons. The summed E-state index contributed by atoms with van der Waals surface area (Å²) in [6.07, 6.45) is 1.45. The predicted octanol–water partition coefficient (Wildman–Crippen LogP) is 4.33. The molecule has 2 amide bonds. The van der Waals surface area contributed by atoms with E-state index in [0.717, 1.165) is 10.0 Å². The fraction of sp³-hybridized carbons (Fsp3) is 0. The molecule has 0 aliphatic carbocycles. The van der Waals surface area contributed by atoms with Crippen LogP contribution in [0, 0.1) is 0 Å². The third-order valence-corrected chi connectivity index (χ3v) is 4.02. The Kier molecular flexibility index (Phi) is 6.54. The summed E-state index contributed by atoms with van der Waals surface area (Å²) in [5.41, 5.74) is 3.44.